The van der Waals surface area contributed by atoms with E-state index in [0.29, 0.717) is 18.7 Å². The standard InChI is InChI=1S/C27H32N6O3/c1-6-21(25-29-30-31-33(25)27(3,4)5)32(14-18-10-11-22-23(12-18)36-16-35-22)15-20-13-19-9-7-8-17(2)24(19)28-26(20)34/h7-13,21H,6,14-16H2,1-5H3,(H,28,34)/t21-/m1/s1. The molecule has 9 heteroatoms. The Bertz CT molecular complexity index is 1450. The normalized spacial score (nSPS) is 14.1. The van der Waals surface area contributed by atoms with E-state index in [1.165, 1.54) is 0 Å². The minimum absolute atomic E-state index is 0.0854. The number of ether oxygens (including phenoxy) is 2. The number of nitrogens with one attached hydrogen (secondary N) is 1. The van der Waals surface area contributed by atoms with E-state index in [1.807, 2.05) is 54.1 Å². The van der Waals surface area contributed by atoms with Gasteiger partial charge in [-0.15, -0.1) is 5.10 Å². The van der Waals surface area contributed by atoms with Crippen LogP contribution >= 0.6 is 0 Å². The minimum atomic E-state index is -0.283. The summed E-state index contributed by atoms with van der Waals surface area (Å²) in [4.78, 5) is 18.5. The fourth-order valence-electron chi connectivity index (χ4n) is 4.80. The molecule has 4 aromatic rings. The number of tetrazole rings is 1. The lowest BCUT2D eigenvalue weighted by Crippen LogP contribution is -2.35. The van der Waals surface area contributed by atoms with Crippen LogP contribution in [0.1, 0.15) is 62.7 Å². The van der Waals surface area contributed by atoms with Gasteiger partial charge < -0.3 is 14.5 Å². The third-order valence-corrected chi connectivity index (χ3v) is 6.62. The number of hydrogen-bond donors (Lipinski definition) is 1. The first-order chi connectivity index (χ1) is 17.2. The first kappa shape index (κ1) is 24.0. The van der Waals surface area contributed by atoms with E-state index < -0.39 is 0 Å². The molecule has 3 heterocycles. The van der Waals surface area contributed by atoms with Gasteiger partial charge in [-0.1, -0.05) is 31.2 Å². The zero-order valence-electron chi connectivity index (χ0n) is 21.4. The summed E-state index contributed by atoms with van der Waals surface area (Å²) in [6.07, 6.45) is 0.769. The van der Waals surface area contributed by atoms with Crippen LogP contribution in [0.5, 0.6) is 11.5 Å². The number of nitrogens with zero attached hydrogens (tertiary/aromatic N) is 5. The maximum absolute atomic E-state index is 13.2. The van der Waals surface area contributed by atoms with Gasteiger partial charge in [0.15, 0.2) is 17.3 Å². The predicted octanol–water partition coefficient (Wildman–Crippen LogP) is 4.46. The van der Waals surface area contributed by atoms with Crippen molar-refractivity contribution < 1.29 is 9.47 Å². The summed E-state index contributed by atoms with van der Waals surface area (Å²) in [5, 5.41) is 13.7. The van der Waals surface area contributed by atoms with Crippen LogP contribution < -0.4 is 15.0 Å². The Labute approximate surface area is 210 Å². The van der Waals surface area contributed by atoms with Crippen LogP contribution in [0, 0.1) is 6.92 Å². The van der Waals surface area contributed by atoms with Crippen LogP contribution in [-0.2, 0) is 18.6 Å². The van der Waals surface area contributed by atoms with Gasteiger partial charge in [-0.25, -0.2) is 4.68 Å². The smallest absolute Gasteiger partial charge is 0.252 e. The van der Waals surface area contributed by atoms with Gasteiger partial charge in [-0.3, -0.25) is 9.69 Å². The number of pyridine rings is 1. The van der Waals surface area contributed by atoms with Crippen LogP contribution in [0.2, 0.25) is 0 Å². The molecule has 0 unspecified atom stereocenters. The molecule has 0 fully saturated rings. The molecule has 2 aromatic heterocycles. The van der Waals surface area contributed by atoms with Crippen molar-refractivity contribution >= 4 is 10.9 Å². The Morgan fingerprint density at radius 2 is 1.92 bits per heavy atom. The molecule has 0 aliphatic carbocycles. The molecule has 2 aromatic carbocycles. The van der Waals surface area contributed by atoms with Gasteiger partial charge in [0.2, 0.25) is 6.79 Å². The van der Waals surface area contributed by atoms with Crippen LogP contribution in [-0.4, -0.2) is 36.9 Å². The molecule has 0 bridgehead atoms. The highest BCUT2D eigenvalue weighted by Crippen LogP contribution is 2.34. The van der Waals surface area contributed by atoms with Crippen molar-refractivity contribution in [1.82, 2.24) is 30.1 Å². The number of fused-ring (bicyclic) bond motifs is 2. The Morgan fingerprint density at radius 3 is 2.69 bits per heavy atom. The average molecular weight is 489 g/mol. The molecular weight excluding hydrogens is 456 g/mol. The Morgan fingerprint density at radius 1 is 1.11 bits per heavy atom. The number of H-pyrrole nitrogens is 1. The van der Waals surface area contributed by atoms with Crippen molar-refractivity contribution in [2.75, 3.05) is 6.79 Å². The number of hydrogen-bond acceptors (Lipinski definition) is 7. The Balaban J connectivity index is 1.56. The van der Waals surface area contributed by atoms with E-state index in [4.69, 9.17) is 9.47 Å². The van der Waals surface area contributed by atoms with Crippen molar-refractivity contribution in [3.63, 3.8) is 0 Å². The quantitative estimate of drug-likeness (QED) is 0.410. The molecular formula is C27H32N6O3. The van der Waals surface area contributed by atoms with E-state index in [1.54, 1.807) is 0 Å². The third kappa shape index (κ3) is 4.58. The molecule has 188 valence electrons. The lowest BCUT2D eigenvalue weighted by Gasteiger charge is -2.32. The van der Waals surface area contributed by atoms with Gasteiger partial charge >= 0.3 is 0 Å². The summed E-state index contributed by atoms with van der Waals surface area (Å²) >= 11 is 0. The lowest BCUT2D eigenvalue weighted by molar-refractivity contribution is 0.153. The van der Waals surface area contributed by atoms with Crippen LogP contribution in [0.15, 0.2) is 47.3 Å². The molecule has 1 N–H and O–H groups in total. The summed E-state index contributed by atoms with van der Waals surface area (Å²) in [6.45, 7) is 11.6. The van der Waals surface area contributed by atoms with Gasteiger partial charge in [0.05, 0.1) is 17.1 Å². The summed E-state index contributed by atoms with van der Waals surface area (Å²) in [5.41, 5.74) is 3.30. The van der Waals surface area contributed by atoms with Gasteiger partial charge in [-0.05, 0) is 79.3 Å². The molecule has 0 amide bonds. The first-order valence-corrected chi connectivity index (χ1v) is 12.3. The van der Waals surface area contributed by atoms with Crippen molar-refractivity contribution in [1.29, 1.82) is 0 Å². The molecule has 0 spiro atoms. The molecule has 0 saturated heterocycles. The van der Waals surface area contributed by atoms with Crippen LogP contribution in [0.3, 0.4) is 0 Å². The van der Waals surface area contributed by atoms with Gasteiger partial charge in [0.1, 0.15) is 0 Å². The zero-order valence-corrected chi connectivity index (χ0v) is 21.4. The van der Waals surface area contributed by atoms with E-state index >= 15 is 0 Å². The van der Waals surface area contributed by atoms with E-state index in [9.17, 15) is 4.79 Å². The first-order valence-electron chi connectivity index (χ1n) is 12.3. The van der Waals surface area contributed by atoms with Crippen LogP contribution in [0.25, 0.3) is 10.9 Å². The summed E-state index contributed by atoms with van der Waals surface area (Å²) < 4.78 is 13.0. The maximum Gasteiger partial charge on any atom is 0.252 e. The number of benzene rings is 2. The molecule has 5 rings (SSSR count). The number of aromatic nitrogens is 5. The maximum atomic E-state index is 13.2. The zero-order chi connectivity index (χ0) is 25.4. The number of para-hydroxylation sites is 1. The molecule has 36 heavy (non-hydrogen) atoms. The van der Waals surface area contributed by atoms with Gasteiger partial charge in [0.25, 0.3) is 5.56 Å². The van der Waals surface area contributed by atoms with Crippen molar-refractivity contribution in [3.8, 4) is 11.5 Å². The predicted molar refractivity (Wildman–Crippen MR) is 137 cm³/mol. The topological polar surface area (TPSA) is 98.2 Å². The highest BCUT2D eigenvalue weighted by Gasteiger charge is 2.30. The summed E-state index contributed by atoms with van der Waals surface area (Å²) in [7, 11) is 0. The average Bonchev–Trinajstić information content (AvgIpc) is 3.50. The van der Waals surface area contributed by atoms with E-state index in [0.717, 1.165) is 45.8 Å². The fraction of sp³-hybridized carbons (Fsp3) is 0.407. The molecule has 1 atom stereocenters. The van der Waals surface area contributed by atoms with E-state index in [2.05, 4.69) is 53.1 Å². The van der Waals surface area contributed by atoms with E-state index in [-0.39, 0.29) is 23.9 Å². The highest BCUT2D eigenvalue weighted by molar-refractivity contribution is 5.81. The molecule has 1 aliphatic heterocycles. The number of rotatable bonds is 7. The largest absolute Gasteiger partial charge is 0.454 e. The SMILES string of the molecule is CC[C@H](c1nnnn1C(C)(C)C)N(Cc1ccc2c(c1)OCO2)Cc1cc2cccc(C)c2[nH]c1=O. The Hall–Kier alpha value is -3.72. The molecule has 1 aliphatic rings. The molecule has 9 nitrogen and oxygen atoms in total. The number of aromatic amines is 1. The highest BCUT2D eigenvalue weighted by atomic mass is 16.7. The van der Waals surface area contributed by atoms with Crippen molar-refractivity contribution in [3.05, 3.63) is 75.3 Å². The minimum Gasteiger partial charge on any atom is -0.454 e. The third-order valence-electron chi connectivity index (χ3n) is 6.62. The summed E-state index contributed by atoms with van der Waals surface area (Å²) in [6, 6.07) is 13.9. The van der Waals surface area contributed by atoms with Crippen molar-refractivity contribution in [2.45, 2.75) is 65.7 Å². The second kappa shape index (κ2) is 9.39. The van der Waals surface area contributed by atoms with Gasteiger partial charge in [-0.2, -0.15) is 0 Å². The van der Waals surface area contributed by atoms with Crippen LogP contribution in [0.4, 0.5) is 0 Å². The Kier molecular flexibility index (Phi) is 6.26. The second-order valence-corrected chi connectivity index (χ2v) is 10.3. The second-order valence-electron chi connectivity index (χ2n) is 10.3. The monoisotopic (exact) mass is 488 g/mol. The fourth-order valence-corrected chi connectivity index (χ4v) is 4.80. The van der Waals surface area contributed by atoms with Gasteiger partial charge in [0, 0.05) is 18.7 Å². The van der Waals surface area contributed by atoms with Crippen molar-refractivity contribution in [2.24, 2.45) is 0 Å². The lowest BCUT2D eigenvalue weighted by atomic mass is 10.0. The molecule has 0 radical (unpaired) electrons. The molecule has 0 saturated carbocycles. The summed E-state index contributed by atoms with van der Waals surface area (Å²) in [5.74, 6) is 2.26. The number of aryl methyl sites for hydroxylation is 1.